The molecular formula is C16H15N5O3. The maximum atomic E-state index is 12.1. The number of nitrogens with zero attached hydrogens (tertiary/aromatic N) is 3. The zero-order chi connectivity index (χ0) is 16.9. The molecule has 2 N–H and O–H groups in total. The van der Waals surface area contributed by atoms with Gasteiger partial charge < -0.3 is 19.9 Å². The van der Waals surface area contributed by atoms with Crippen LogP contribution in [0.15, 0.2) is 47.2 Å². The fraction of sp³-hybridized carbons (Fsp3) is 0.125. The van der Waals surface area contributed by atoms with Gasteiger partial charge in [0.2, 0.25) is 0 Å². The highest BCUT2D eigenvalue weighted by molar-refractivity contribution is 6.02. The number of hydrogen-bond donors (Lipinski definition) is 2. The Morgan fingerprint density at radius 3 is 2.50 bits per heavy atom. The van der Waals surface area contributed by atoms with Crippen molar-refractivity contribution in [2.45, 2.75) is 6.92 Å². The zero-order valence-corrected chi connectivity index (χ0v) is 13.1. The topological polar surface area (TPSA) is 102 Å². The first-order chi connectivity index (χ1) is 11.6. The van der Waals surface area contributed by atoms with Gasteiger partial charge in [0, 0.05) is 11.8 Å². The van der Waals surface area contributed by atoms with Gasteiger partial charge in [-0.1, -0.05) is 5.16 Å². The van der Waals surface area contributed by atoms with Crippen molar-refractivity contribution in [3.05, 3.63) is 54.2 Å². The lowest BCUT2D eigenvalue weighted by molar-refractivity contribution is 0.102. The van der Waals surface area contributed by atoms with E-state index in [4.69, 9.17) is 9.26 Å². The average molecular weight is 325 g/mol. The van der Waals surface area contributed by atoms with Crippen LogP contribution < -0.4 is 15.4 Å². The maximum absolute atomic E-state index is 12.1. The van der Waals surface area contributed by atoms with Crippen molar-refractivity contribution in [1.82, 2.24) is 15.1 Å². The van der Waals surface area contributed by atoms with E-state index in [1.165, 1.54) is 12.4 Å². The van der Waals surface area contributed by atoms with Gasteiger partial charge >= 0.3 is 0 Å². The SMILES string of the molecule is COc1ccc(NC(=O)c2cnc(Nc3cc(C)on3)cn2)cc1. The molecule has 0 atom stereocenters. The largest absolute Gasteiger partial charge is 0.497 e. The molecule has 1 amide bonds. The molecule has 0 bridgehead atoms. The second-order valence-electron chi connectivity index (χ2n) is 4.92. The number of aryl methyl sites for hydroxylation is 1. The fourth-order valence-corrected chi connectivity index (χ4v) is 1.94. The molecule has 0 spiro atoms. The van der Waals surface area contributed by atoms with E-state index in [9.17, 15) is 4.79 Å². The number of carbonyl (C=O) groups excluding carboxylic acids is 1. The van der Waals surface area contributed by atoms with Gasteiger partial charge in [0.1, 0.15) is 23.0 Å². The van der Waals surface area contributed by atoms with Crippen LogP contribution in [0.1, 0.15) is 16.2 Å². The van der Waals surface area contributed by atoms with Crippen LogP contribution in [0.4, 0.5) is 17.3 Å². The molecule has 0 saturated heterocycles. The molecule has 0 radical (unpaired) electrons. The molecule has 0 aliphatic heterocycles. The highest BCUT2D eigenvalue weighted by Gasteiger charge is 2.09. The highest BCUT2D eigenvalue weighted by Crippen LogP contribution is 2.16. The molecule has 0 unspecified atom stereocenters. The quantitative estimate of drug-likeness (QED) is 0.743. The monoisotopic (exact) mass is 325 g/mol. The maximum Gasteiger partial charge on any atom is 0.275 e. The minimum absolute atomic E-state index is 0.202. The molecule has 8 heteroatoms. The van der Waals surface area contributed by atoms with Crippen molar-refractivity contribution in [2.24, 2.45) is 0 Å². The third kappa shape index (κ3) is 3.67. The Balaban J connectivity index is 1.64. The number of benzene rings is 1. The predicted octanol–water partition coefficient (Wildman–Crippen LogP) is 2.78. The third-order valence-electron chi connectivity index (χ3n) is 3.12. The minimum atomic E-state index is -0.350. The molecule has 0 saturated carbocycles. The van der Waals surface area contributed by atoms with Gasteiger partial charge in [0.15, 0.2) is 5.82 Å². The van der Waals surface area contributed by atoms with Gasteiger partial charge in [-0.2, -0.15) is 0 Å². The number of nitrogens with one attached hydrogen (secondary N) is 2. The molecule has 3 rings (SSSR count). The van der Waals surface area contributed by atoms with Crippen molar-refractivity contribution in [3.63, 3.8) is 0 Å². The molecule has 24 heavy (non-hydrogen) atoms. The van der Waals surface area contributed by atoms with Crippen LogP contribution in [0.2, 0.25) is 0 Å². The first-order valence-electron chi connectivity index (χ1n) is 7.12. The predicted molar refractivity (Wildman–Crippen MR) is 87.5 cm³/mol. The molecule has 122 valence electrons. The Morgan fingerprint density at radius 1 is 1.12 bits per heavy atom. The summed E-state index contributed by atoms with van der Waals surface area (Å²) in [6.07, 6.45) is 2.83. The second kappa shape index (κ2) is 6.78. The first-order valence-corrected chi connectivity index (χ1v) is 7.12. The van der Waals surface area contributed by atoms with Crippen molar-refractivity contribution in [1.29, 1.82) is 0 Å². The van der Waals surface area contributed by atoms with Crippen LogP contribution in [0, 0.1) is 6.92 Å². The van der Waals surface area contributed by atoms with Crippen LogP contribution in [-0.4, -0.2) is 28.1 Å². The van der Waals surface area contributed by atoms with E-state index in [0.29, 0.717) is 28.8 Å². The van der Waals surface area contributed by atoms with Gasteiger partial charge in [-0.05, 0) is 31.2 Å². The van der Waals surface area contributed by atoms with Crippen LogP contribution in [0.5, 0.6) is 5.75 Å². The van der Waals surface area contributed by atoms with E-state index in [2.05, 4.69) is 25.8 Å². The van der Waals surface area contributed by atoms with Crippen LogP contribution >= 0.6 is 0 Å². The Hall–Kier alpha value is -3.42. The van der Waals surface area contributed by atoms with Gasteiger partial charge in [-0.15, -0.1) is 0 Å². The molecular weight excluding hydrogens is 310 g/mol. The van der Waals surface area contributed by atoms with E-state index in [-0.39, 0.29) is 11.6 Å². The third-order valence-corrected chi connectivity index (χ3v) is 3.12. The fourth-order valence-electron chi connectivity index (χ4n) is 1.94. The molecule has 3 aromatic rings. The lowest BCUT2D eigenvalue weighted by Gasteiger charge is -2.06. The van der Waals surface area contributed by atoms with E-state index >= 15 is 0 Å². The Labute approximate surface area is 137 Å². The lowest BCUT2D eigenvalue weighted by atomic mass is 10.3. The summed E-state index contributed by atoms with van der Waals surface area (Å²) in [5.41, 5.74) is 0.843. The Bertz CT molecular complexity index is 828. The number of hydrogen-bond acceptors (Lipinski definition) is 7. The summed E-state index contributed by atoms with van der Waals surface area (Å²) in [5, 5.41) is 9.46. The normalized spacial score (nSPS) is 10.2. The molecule has 0 aliphatic carbocycles. The Kier molecular flexibility index (Phi) is 4.37. The summed E-state index contributed by atoms with van der Waals surface area (Å²) < 4.78 is 10.0. The number of anilines is 3. The second-order valence-corrected chi connectivity index (χ2v) is 4.92. The summed E-state index contributed by atoms with van der Waals surface area (Å²) in [4.78, 5) is 20.4. The standard InChI is InChI=1S/C16H15N5O3/c1-10-7-14(21-24-10)20-15-9-17-13(8-18-15)16(22)19-11-3-5-12(23-2)6-4-11/h3-9H,1-2H3,(H,19,22)(H,18,20,21). The smallest absolute Gasteiger partial charge is 0.275 e. The summed E-state index contributed by atoms with van der Waals surface area (Å²) in [5.74, 6) is 2.03. The van der Waals surface area contributed by atoms with Crippen molar-refractivity contribution in [3.8, 4) is 5.75 Å². The summed E-state index contributed by atoms with van der Waals surface area (Å²) >= 11 is 0. The minimum Gasteiger partial charge on any atom is -0.497 e. The number of methoxy groups -OCH3 is 1. The van der Waals surface area contributed by atoms with Gasteiger partial charge in [0.05, 0.1) is 19.5 Å². The van der Waals surface area contributed by atoms with Crippen LogP contribution in [-0.2, 0) is 0 Å². The van der Waals surface area contributed by atoms with Crippen molar-refractivity contribution < 1.29 is 14.1 Å². The molecule has 8 nitrogen and oxygen atoms in total. The first kappa shape index (κ1) is 15.5. The van der Waals surface area contributed by atoms with E-state index in [1.807, 2.05) is 0 Å². The number of rotatable bonds is 5. The van der Waals surface area contributed by atoms with E-state index in [0.717, 1.165) is 0 Å². The lowest BCUT2D eigenvalue weighted by Crippen LogP contribution is -2.14. The van der Waals surface area contributed by atoms with Crippen LogP contribution in [0.25, 0.3) is 0 Å². The molecule has 2 heterocycles. The number of ether oxygens (including phenoxy) is 1. The number of carbonyl (C=O) groups is 1. The van der Waals surface area contributed by atoms with Crippen molar-refractivity contribution in [2.75, 3.05) is 17.7 Å². The molecule has 2 aromatic heterocycles. The average Bonchev–Trinajstić information content (AvgIpc) is 3.01. The zero-order valence-electron chi connectivity index (χ0n) is 13.1. The molecule has 0 aliphatic rings. The number of aromatic nitrogens is 3. The number of amides is 1. The van der Waals surface area contributed by atoms with E-state index in [1.54, 1.807) is 44.4 Å². The van der Waals surface area contributed by atoms with Gasteiger partial charge in [-0.3, -0.25) is 4.79 Å². The summed E-state index contributed by atoms with van der Waals surface area (Å²) in [6.45, 7) is 1.79. The van der Waals surface area contributed by atoms with Crippen LogP contribution in [0.3, 0.4) is 0 Å². The molecule has 1 aromatic carbocycles. The summed E-state index contributed by atoms with van der Waals surface area (Å²) in [6, 6.07) is 8.73. The highest BCUT2D eigenvalue weighted by atomic mass is 16.5. The van der Waals surface area contributed by atoms with Crippen molar-refractivity contribution >= 4 is 23.2 Å². The summed E-state index contributed by atoms with van der Waals surface area (Å²) in [7, 11) is 1.58. The van der Waals surface area contributed by atoms with E-state index < -0.39 is 0 Å². The van der Waals surface area contributed by atoms with Gasteiger partial charge in [-0.25, -0.2) is 9.97 Å². The Morgan fingerprint density at radius 2 is 1.92 bits per heavy atom. The van der Waals surface area contributed by atoms with Gasteiger partial charge in [0.25, 0.3) is 5.91 Å². The molecule has 0 fully saturated rings.